The van der Waals surface area contributed by atoms with Crippen molar-refractivity contribution in [2.24, 2.45) is 46.3 Å². The third-order valence-corrected chi connectivity index (χ3v) is 14.4. The van der Waals surface area contributed by atoms with Gasteiger partial charge in [-0.2, -0.15) is 0 Å². The van der Waals surface area contributed by atoms with E-state index in [4.69, 9.17) is 4.74 Å². The van der Waals surface area contributed by atoms with Crippen molar-refractivity contribution in [1.82, 2.24) is 0 Å². The summed E-state index contributed by atoms with van der Waals surface area (Å²) in [4.78, 5) is 12.8. The zero-order valence-electron chi connectivity index (χ0n) is 33.4. The maximum absolute atomic E-state index is 12.8. The average Bonchev–Trinajstić information content (AvgIpc) is 3.43. The quantitative estimate of drug-likeness (QED) is 0.0648. The molecule has 0 heterocycles. The lowest BCUT2D eigenvalue weighted by molar-refractivity contribution is -0.151. The summed E-state index contributed by atoms with van der Waals surface area (Å²) < 4.78 is 6.13. The van der Waals surface area contributed by atoms with Crippen LogP contribution in [-0.4, -0.2) is 12.1 Å². The van der Waals surface area contributed by atoms with Gasteiger partial charge in [-0.15, -0.1) is 0 Å². The van der Waals surface area contributed by atoms with Crippen LogP contribution in [0.15, 0.2) is 36.0 Å². The molecule has 0 aromatic carbocycles. The van der Waals surface area contributed by atoms with E-state index >= 15 is 0 Å². The van der Waals surface area contributed by atoms with E-state index in [1.165, 1.54) is 122 Å². The van der Waals surface area contributed by atoms with E-state index in [2.05, 4.69) is 71.9 Å². The minimum absolute atomic E-state index is 0.0541. The lowest BCUT2D eigenvalue weighted by Gasteiger charge is -2.58. The first-order valence-electron chi connectivity index (χ1n) is 21.9. The molecule has 280 valence electrons. The largest absolute Gasteiger partial charge is 0.462 e. The van der Waals surface area contributed by atoms with Gasteiger partial charge in [0.05, 0.1) is 0 Å². The smallest absolute Gasteiger partial charge is 0.306 e. The molecule has 4 rings (SSSR count). The Morgan fingerprint density at radius 3 is 2.20 bits per heavy atom. The summed E-state index contributed by atoms with van der Waals surface area (Å²) in [5, 5.41) is 0. The number of hydrogen-bond acceptors (Lipinski definition) is 2. The van der Waals surface area contributed by atoms with E-state index in [0.717, 1.165) is 67.6 Å². The van der Waals surface area contributed by atoms with Gasteiger partial charge >= 0.3 is 5.97 Å². The molecule has 0 spiro atoms. The lowest BCUT2D eigenvalue weighted by atomic mass is 9.47. The van der Waals surface area contributed by atoms with Crippen molar-refractivity contribution in [2.75, 3.05) is 0 Å². The number of ether oxygens (including phenoxy) is 1. The number of carbonyl (C=O) groups excluding carboxylic acids is 1. The summed E-state index contributed by atoms with van der Waals surface area (Å²) in [6, 6.07) is 0. The highest BCUT2D eigenvalue weighted by atomic mass is 16.5. The van der Waals surface area contributed by atoms with E-state index in [1.54, 1.807) is 5.57 Å². The summed E-state index contributed by atoms with van der Waals surface area (Å²) in [6.45, 7) is 14.9. The Kier molecular flexibility index (Phi) is 17.1. The number of fused-ring (bicyclic) bond motifs is 5. The molecule has 0 amide bonds. The molecule has 0 radical (unpaired) electrons. The van der Waals surface area contributed by atoms with Crippen molar-refractivity contribution < 1.29 is 9.53 Å². The molecule has 3 fully saturated rings. The molecule has 8 unspecified atom stereocenters. The van der Waals surface area contributed by atoms with E-state index in [1.807, 2.05) is 0 Å². The van der Waals surface area contributed by atoms with Crippen LogP contribution in [-0.2, 0) is 9.53 Å². The Hall–Kier alpha value is -1.31. The molecule has 0 N–H and O–H groups in total. The maximum atomic E-state index is 12.8. The molecule has 0 aromatic heterocycles. The van der Waals surface area contributed by atoms with Crippen LogP contribution in [0.1, 0.15) is 202 Å². The van der Waals surface area contributed by atoms with Crippen molar-refractivity contribution in [3.63, 3.8) is 0 Å². The molecule has 2 nitrogen and oxygen atoms in total. The van der Waals surface area contributed by atoms with E-state index in [0.29, 0.717) is 17.3 Å². The van der Waals surface area contributed by atoms with Crippen molar-refractivity contribution in [1.29, 1.82) is 0 Å². The molecule has 0 saturated heterocycles. The molecule has 3 saturated carbocycles. The predicted molar refractivity (Wildman–Crippen MR) is 212 cm³/mol. The second-order valence-corrected chi connectivity index (χ2v) is 18.3. The molecule has 0 bridgehead atoms. The Morgan fingerprint density at radius 1 is 0.796 bits per heavy atom. The van der Waals surface area contributed by atoms with Crippen molar-refractivity contribution in [3.05, 3.63) is 36.0 Å². The Bertz CT molecular complexity index is 1050. The van der Waals surface area contributed by atoms with Gasteiger partial charge in [-0.25, -0.2) is 0 Å². The summed E-state index contributed by atoms with van der Waals surface area (Å²) in [7, 11) is 0. The van der Waals surface area contributed by atoms with Crippen LogP contribution in [0.25, 0.3) is 0 Å². The molecular weight excluding hydrogens is 597 g/mol. The summed E-state index contributed by atoms with van der Waals surface area (Å²) >= 11 is 0. The standard InChI is InChI=1S/C47H80O2/c1-7-8-9-10-11-12-13-14-15-16-17-18-19-20-21-22-23-27-45(48)49-40-32-34-46(5)39(36-40)28-29-41-43-31-30-42(38(4)26-24-25-37(2)3)47(43,6)35-33-44(41)46/h11-12,14-15,28,37-38,40-44H,7-10,13,16-27,29-36H2,1-6H3/b12-11-,15-14-. The highest BCUT2D eigenvalue weighted by Gasteiger charge is 2.59. The van der Waals surface area contributed by atoms with Crippen LogP contribution in [0.3, 0.4) is 0 Å². The normalized spacial score (nSPS) is 31.9. The van der Waals surface area contributed by atoms with Gasteiger partial charge < -0.3 is 4.74 Å². The predicted octanol–water partition coefficient (Wildman–Crippen LogP) is 14.5. The second kappa shape index (κ2) is 20.7. The van der Waals surface area contributed by atoms with Gasteiger partial charge in [0.15, 0.2) is 0 Å². The third kappa shape index (κ3) is 11.6. The molecule has 0 aliphatic heterocycles. The first-order chi connectivity index (χ1) is 23.7. The van der Waals surface area contributed by atoms with Gasteiger partial charge in [-0.05, 0) is 130 Å². The van der Waals surface area contributed by atoms with E-state index < -0.39 is 0 Å². The van der Waals surface area contributed by atoms with Gasteiger partial charge in [-0.1, -0.05) is 142 Å². The highest BCUT2D eigenvalue weighted by Crippen LogP contribution is 2.67. The minimum atomic E-state index is 0.0541. The fourth-order valence-corrected chi connectivity index (χ4v) is 11.4. The average molecular weight is 677 g/mol. The van der Waals surface area contributed by atoms with Crippen LogP contribution in [0.4, 0.5) is 0 Å². The fraction of sp³-hybridized carbons (Fsp3) is 0.851. The summed E-state index contributed by atoms with van der Waals surface area (Å²) in [5.41, 5.74) is 2.52. The van der Waals surface area contributed by atoms with Gasteiger partial charge in [0.2, 0.25) is 0 Å². The molecule has 0 aromatic rings. The molecular formula is C47H80O2. The minimum Gasteiger partial charge on any atom is -0.462 e. The first kappa shape index (κ1) is 40.5. The van der Waals surface area contributed by atoms with Gasteiger partial charge in [-0.3, -0.25) is 4.79 Å². The Morgan fingerprint density at radius 2 is 1.49 bits per heavy atom. The molecule has 4 aliphatic carbocycles. The van der Waals surface area contributed by atoms with Crippen molar-refractivity contribution >= 4 is 5.97 Å². The van der Waals surface area contributed by atoms with Crippen molar-refractivity contribution in [2.45, 2.75) is 208 Å². The molecule has 2 heteroatoms. The van der Waals surface area contributed by atoms with Crippen LogP contribution in [0, 0.1) is 46.3 Å². The number of allylic oxidation sites excluding steroid dienone is 5. The van der Waals surface area contributed by atoms with Crippen LogP contribution in [0.5, 0.6) is 0 Å². The monoisotopic (exact) mass is 677 g/mol. The van der Waals surface area contributed by atoms with Gasteiger partial charge in [0.1, 0.15) is 6.10 Å². The Labute approximate surface area is 305 Å². The molecule has 8 atom stereocenters. The fourth-order valence-electron chi connectivity index (χ4n) is 11.4. The lowest BCUT2D eigenvalue weighted by Crippen LogP contribution is -2.51. The van der Waals surface area contributed by atoms with E-state index in [9.17, 15) is 4.79 Å². The third-order valence-electron chi connectivity index (χ3n) is 14.4. The molecule has 49 heavy (non-hydrogen) atoms. The zero-order chi connectivity index (χ0) is 35.1. The molecule has 4 aliphatic rings. The number of carbonyl (C=O) groups is 1. The number of hydrogen-bond donors (Lipinski definition) is 0. The topological polar surface area (TPSA) is 26.3 Å². The van der Waals surface area contributed by atoms with Gasteiger partial charge in [0, 0.05) is 12.8 Å². The van der Waals surface area contributed by atoms with Crippen LogP contribution in [0.2, 0.25) is 0 Å². The van der Waals surface area contributed by atoms with E-state index in [-0.39, 0.29) is 12.1 Å². The van der Waals surface area contributed by atoms with Crippen LogP contribution >= 0.6 is 0 Å². The number of esters is 1. The summed E-state index contributed by atoms with van der Waals surface area (Å²) in [6.07, 6.45) is 43.5. The number of rotatable bonds is 22. The van der Waals surface area contributed by atoms with Crippen molar-refractivity contribution in [3.8, 4) is 0 Å². The van der Waals surface area contributed by atoms with Gasteiger partial charge in [0.25, 0.3) is 0 Å². The zero-order valence-corrected chi connectivity index (χ0v) is 33.4. The number of unbranched alkanes of at least 4 members (excludes halogenated alkanes) is 10. The summed E-state index contributed by atoms with van der Waals surface area (Å²) in [5.74, 6) is 5.31. The SMILES string of the molecule is CCCCC/C=C\C/C=C\CCCCCCCCCC(=O)OC1CCC2(C)C(=CCC3C2CCC2(C)C(C(C)CCCC(C)C)CCC32)C1. The Balaban J connectivity index is 1.09. The first-order valence-corrected chi connectivity index (χ1v) is 21.9. The van der Waals surface area contributed by atoms with Crippen LogP contribution < -0.4 is 0 Å². The maximum Gasteiger partial charge on any atom is 0.306 e. The second-order valence-electron chi connectivity index (χ2n) is 18.3. The highest BCUT2D eigenvalue weighted by molar-refractivity contribution is 5.69.